The lowest BCUT2D eigenvalue weighted by molar-refractivity contribution is 0.473. The molecule has 132 valence electrons. The molecule has 0 radical (unpaired) electrons. The molecule has 1 aromatic carbocycles. The van der Waals surface area contributed by atoms with E-state index in [1.54, 1.807) is 0 Å². The summed E-state index contributed by atoms with van der Waals surface area (Å²) in [6.45, 7) is 24.4. The van der Waals surface area contributed by atoms with Crippen molar-refractivity contribution in [1.82, 2.24) is 0 Å². The van der Waals surface area contributed by atoms with Crippen molar-refractivity contribution in [2.24, 2.45) is 0 Å². The van der Waals surface area contributed by atoms with Crippen molar-refractivity contribution in [2.75, 3.05) is 0 Å². The summed E-state index contributed by atoms with van der Waals surface area (Å²) in [6, 6.07) is 4.56. The van der Waals surface area contributed by atoms with Crippen LogP contribution in [0.5, 0.6) is 5.75 Å². The van der Waals surface area contributed by atoms with Gasteiger partial charge >= 0.3 is 0 Å². The number of rotatable bonds is 4. The lowest BCUT2D eigenvalue weighted by Crippen LogP contribution is -2.76. The highest BCUT2D eigenvalue weighted by Crippen LogP contribution is 2.35. The van der Waals surface area contributed by atoms with Crippen molar-refractivity contribution in [1.29, 1.82) is 0 Å². The molecule has 0 aliphatic heterocycles. The second-order valence-corrected chi connectivity index (χ2v) is 38.9. The first-order valence-corrected chi connectivity index (χ1v) is 21.1. The quantitative estimate of drug-likeness (QED) is 0.479. The van der Waals surface area contributed by atoms with Crippen LogP contribution in [0.2, 0.25) is 45.8 Å². The summed E-state index contributed by atoms with van der Waals surface area (Å²) in [4.78, 5) is 0. The van der Waals surface area contributed by atoms with Gasteiger partial charge in [0.15, 0.2) is 0 Å². The molecule has 0 bridgehead atoms. The number of hydrogen-bond donors (Lipinski definition) is 1. The van der Waals surface area contributed by atoms with Crippen LogP contribution < -0.4 is 5.19 Å². The Balaban J connectivity index is 3.88. The first kappa shape index (κ1) is 21.2. The van der Waals surface area contributed by atoms with Crippen LogP contribution in [0.25, 0.3) is 0 Å². The van der Waals surface area contributed by atoms with Crippen molar-refractivity contribution >= 4 is 43.4 Å². The van der Waals surface area contributed by atoms with Gasteiger partial charge in [0.2, 0.25) is 0 Å². The molecule has 0 aliphatic rings. The second kappa shape index (κ2) is 6.46. The van der Waals surface area contributed by atoms with Gasteiger partial charge in [-0.1, -0.05) is 94.7 Å². The van der Waals surface area contributed by atoms with Crippen molar-refractivity contribution in [3.63, 3.8) is 0 Å². The fourth-order valence-electron chi connectivity index (χ4n) is 3.54. The number of halogens is 1. The molecule has 0 saturated heterocycles. The summed E-state index contributed by atoms with van der Waals surface area (Å²) in [5.41, 5.74) is 2.52. The van der Waals surface area contributed by atoms with Gasteiger partial charge in [-0.05, 0) is 16.2 Å². The Morgan fingerprint density at radius 2 is 1.35 bits per heavy atom. The molecular formula is C18H35BrOSi3. The van der Waals surface area contributed by atoms with E-state index >= 15 is 0 Å². The fourth-order valence-corrected chi connectivity index (χ4v) is 41.9. The van der Waals surface area contributed by atoms with Gasteiger partial charge in [-0.15, -0.1) is 0 Å². The SMILES string of the molecule is CC(C)(C)c1cc(CBr)c(O)c([Si](C)([Si](C)(C)C)[Si](C)(C)C)c1. The number of alkyl halides is 1. The largest absolute Gasteiger partial charge is 0.508 e. The minimum absolute atomic E-state index is 0.105. The van der Waals surface area contributed by atoms with Crippen molar-refractivity contribution in [2.45, 2.75) is 77.3 Å². The Morgan fingerprint density at radius 3 is 1.65 bits per heavy atom. The standard InChI is InChI=1S/C18H35BrOSi3/c1-18(2,3)15-11-14(13-19)17(20)16(12-15)23(10,21(4,5)6)22(7,8)9/h11-12,20H,13H2,1-10H3. The average Bonchev–Trinajstić information content (AvgIpc) is 2.34. The normalized spacial score (nSPS) is 14.2. The van der Waals surface area contributed by atoms with Crippen molar-refractivity contribution < 1.29 is 5.11 Å². The van der Waals surface area contributed by atoms with Crippen LogP contribution in [0.1, 0.15) is 31.9 Å². The van der Waals surface area contributed by atoms with Crippen LogP contribution in [-0.2, 0) is 10.7 Å². The van der Waals surface area contributed by atoms with E-state index in [2.05, 4.69) is 94.7 Å². The first-order valence-electron chi connectivity index (χ1n) is 8.50. The molecule has 0 saturated carbocycles. The van der Waals surface area contributed by atoms with Gasteiger partial charge < -0.3 is 5.11 Å². The Bertz CT molecular complexity index is 564. The summed E-state index contributed by atoms with van der Waals surface area (Å²) < 4.78 is 0. The zero-order valence-corrected chi connectivity index (χ0v) is 21.3. The Labute approximate surface area is 154 Å². The van der Waals surface area contributed by atoms with E-state index in [1.165, 1.54) is 10.8 Å². The van der Waals surface area contributed by atoms with E-state index in [4.69, 9.17) is 0 Å². The van der Waals surface area contributed by atoms with Gasteiger partial charge in [-0.25, -0.2) is 0 Å². The highest BCUT2D eigenvalue weighted by molar-refractivity contribution is 9.08. The summed E-state index contributed by atoms with van der Waals surface area (Å²) in [5.74, 6) is 0.578. The topological polar surface area (TPSA) is 20.2 Å². The summed E-state index contributed by atoms with van der Waals surface area (Å²) >= 11 is 3.59. The maximum Gasteiger partial charge on any atom is 0.118 e. The van der Waals surface area contributed by atoms with Crippen LogP contribution in [-0.4, -0.2) is 27.4 Å². The van der Waals surface area contributed by atoms with E-state index < -0.39 is 22.3 Å². The minimum Gasteiger partial charge on any atom is -0.508 e. The van der Waals surface area contributed by atoms with E-state index in [-0.39, 0.29) is 5.41 Å². The highest BCUT2D eigenvalue weighted by Gasteiger charge is 2.53. The predicted octanol–water partition coefficient (Wildman–Crippen LogP) is 5.70. The monoisotopic (exact) mass is 430 g/mol. The Morgan fingerprint density at radius 1 is 0.913 bits per heavy atom. The van der Waals surface area contributed by atoms with E-state index in [0.717, 1.165) is 10.9 Å². The maximum atomic E-state index is 11.1. The smallest absolute Gasteiger partial charge is 0.118 e. The predicted molar refractivity (Wildman–Crippen MR) is 117 cm³/mol. The van der Waals surface area contributed by atoms with Gasteiger partial charge in [-0.2, -0.15) is 0 Å². The lowest BCUT2D eigenvalue weighted by Gasteiger charge is -2.48. The molecule has 0 unspecified atom stereocenters. The fraction of sp³-hybridized carbons (Fsp3) is 0.667. The van der Waals surface area contributed by atoms with Crippen LogP contribution in [0.4, 0.5) is 0 Å². The van der Waals surface area contributed by atoms with Gasteiger partial charge in [0, 0.05) is 26.1 Å². The van der Waals surface area contributed by atoms with Gasteiger partial charge in [0.1, 0.15) is 5.75 Å². The van der Waals surface area contributed by atoms with Gasteiger partial charge in [-0.3, -0.25) is 0 Å². The lowest BCUT2D eigenvalue weighted by atomic mass is 9.86. The zero-order chi connectivity index (χ0) is 18.4. The third-order valence-corrected chi connectivity index (χ3v) is 46.9. The number of phenolic OH excluding ortho intramolecular Hbond substituents is 1. The third-order valence-electron chi connectivity index (χ3n) is 5.74. The van der Waals surface area contributed by atoms with E-state index in [9.17, 15) is 5.11 Å². The van der Waals surface area contributed by atoms with Crippen LogP contribution in [0.3, 0.4) is 0 Å². The molecule has 0 aliphatic carbocycles. The molecule has 1 nitrogen and oxygen atoms in total. The molecule has 1 aromatic rings. The van der Waals surface area contributed by atoms with Crippen LogP contribution >= 0.6 is 15.9 Å². The van der Waals surface area contributed by atoms with E-state index in [1.807, 2.05) is 0 Å². The molecule has 0 aromatic heterocycles. The minimum atomic E-state index is -1.72. The Kier molecular flexibility index (Phi) is 5.96. The molecule has 0 amide bonds. The zero-order valence-electron chi connectivity index (χ0n) is 16.7. The Hall–Kier alpha value is 0.151. The van der Waals surface area contributed by atoms with Crippen LogP contribution in [0.15, 0.2) is 12.1 Å². The molecule has 1 rings (SSSR count). The highest BCUT2D eigenvalue weighted by atomic mass is 79.9. The molecule has 0 heterocycles. The second-order valence-electron chi connectivity index (χ2n) is 10.0. The molecule has 1 N–H and O–H groups in total. The number of phenols is 1. The molecular weight excluding hydrogens is 396 g/mol. The number of benzene rings is 1. The van der Waals surface area contributed by atoms with Gasteiger partial charge in [0.25, 0.3) is 0 Å². The summed E-state index contributed by atoms with van der Waals surface area (Å²) in [6.07, 6.45) is 0. The first-order chi connectivity index (χ1) is 10.1. The van der Waals surface area contributed by atoms with Crippen LogP contribution in [0, 0.1) is 0 Å². The molecule has 0 atom stereocenters. The third kappa shape index (κ3) is 3.88. The number of hydrogen-bond acceptors (Lipinski definition) is 1. The molecule has 0 fully saturated rings. The molecule has 0 spiro atoms. The van der Waals surface area contributed by atoms with Crippen molar-refractivity contribution in [3.05, 3.63) is 23.3 Å². The molecule has 23 heavy (non-hydrogen) atoms. The summed E-state index contributed by atoms with van der Waals surface area (Å²) in [5, 5.41) is 13.1. The maximum absolute atomic E-state index is 11.1. The average molecular weight is 432 g/mol. The van der Waals surface area contributed by atoms with Gasteiger partial charge in [0.05, 0.1) is 7.11 Å². The molecule has 5 heteroatoms. The van der Waals surface area contributed by atoms with Crippen molar-refractivity contribution in [3.8, 4) is 5.75 Å². The summed E-state index contributed by atoms with van der Waals surface area (Å²) in [7, 11) is -4.55. The number of aromatic hydroxyl groups is 1. The van der Waals surface area contributed by atoms with E-state index in [0.29, 0.717) is 5.75 Å².